The Morgan fingerprint density at radius 2 is 1.90 bits per heavy atom. The topological polar surface area (TPSA) is 40.5 Å². The van der Waals surface area contributed by atoms with Crippen LogP contribution in [0.1, 0.15) is 35.8 Å². The first-order valence-electron chi connectivity index (χ1n) is 6.88. The van der Waals surface area contributed by atoms with E-state index >= 15 is 0 Å². The molecule has 0 aromatic heterocycles. The van der Waals surface area contributed by atoms with Crippen LogP contribution in [0.4, 0.5) is 0 Å². The fourth-order valence-corrected chi connectivity index (χ4v) is 2.58. The van der Waals surface area contributed by atoms with Gasteiger partial charge in [0.25, 0.3) is 5.91 Å². The molecule has 0 radical (unpaired) electrons. The van der Waals surface area contributed by atoms with Gasteiger partial charge in [-0.05, 0) is 55.8 Å². The van der Waals surface area contributed by atoms with Gasteiger partial charge in [-0.2, -0.15) is 0 Å². The standard InChI is InChI=1S/C17H18BrNO2/c1-3-19(12(2)14-5-4-6-16(20)11-14)17(21)13-7-9-15(18)10-8-13/h4-12,20H,3H2,1-2H3. The highest BCUT2D eigenvalue weighted by atomic mass is 79.9. The number of benzene rings is 2. The van der Waals surface area contributed by atoms with Crippen molar-refractivity contribution in [3.8, 4) is 5.75 Å². The smallest absolute Gasteiger partial charge is 0.254 e. The third kappa shape index (κ3) is 3.64. The van der Waals surface area contributed by atoms with Crippen LogP contribution in [0.5, 0.6) is 5.75 Å². The van der Waals surface area contributed by atoms with Crippen molar-refractivity contribution in [2.75, 3.05) is 6.54 Å². The molecular formula is C17H18BrNO2. The number of phenolic OH excluding ortho intramolecular Hbond substituents is 1. The van der Waals surface area contributed by atoms with E-state index in [0.717, 1.165) is 10.0 Å². The predicted molar refractivity (Wildman–Crippen MR) is 87.4 cm³/mol. The molecule has 1 N–H and O–H groups in total. The molecule has 1 unspecified atom stereocenters. The molecule has 0 bridgehead atoms. The van der Waals surface area contributed by atoms with Crippen LogP contribution in [0.3, 0.4) is 0 Å². The third-order valence-corrected chi connectivity index (χ3v) is 4.04. The lowest BCUT2D eigenvalue weighted by molar-refractivity contribution is 0.0702. The molecule has 0 aliphatic rings. The molecular weight excluding hydrogens is 330 g/mol. The molecule has 0 heterocycles. The molecule has 0 aliphatic heterocycles. The Kier molecular flexibility index (Phi) is 5.02. The van der Waals surface area contributed by atoms with Crippen LogP contribution >= 0.6 is 15.9 Å². The van der Waals surface area contributed by atoms with Gasteiger partial charge >= 0.3 is 0 Å². The van der Waals surface area contributed by atoms with Gasteiger partial charge in [0, 0.05) is 16.6 Å². The van der Waals surface area contributed by atoms with Gasteiger partial charge in [-0.1, -0.05) is 28.1 Å². The van der Waals surface area contributed by atoms with E-state index in [-0.39, 0.29) is 17.7 Å². The molecule has 0 fully saturated rings. The van der Waals surface area contributed by atoms with Gasteiger partial charge in [0.05, 0.1) is 6.04 Å². The van der Waals surface area contributed by atoms with Gasteiger partial charge in [-0.25, -0.2) is 0 Å². The molecule has 1 amide bonds. The molecule has 21 heavy (non-hydrogen) atoms. The van der Waals surface area contributed by atoms with Crippen LogP contribution < -0.4 is 0 Å². The maximum atomic E-state index is 12.6. The van der Waals surface area contributed by atoms with Crippen molar-refractivity contribution in [1.29, 1.82) is 0 Å². The van der Waals surface area contributed by atoms with Crippen molar-refractivity contribution in [3.05, 3.63) is 64.1 Å². The summed E-state index contributed by atoms with van der Waals surface area (Å²) >= 11 is 3.37. The highest BCUT2D eigenvalue weighted by molar-refractivity contribution is 9.10. The SMILES string of the molecule is CCN(C(=O)c1ccc(Br)cc1)C(C)c1cccc(O)c1. The largest absolute Gasteiger partial charge is 0.508 e. The number of amides is 1. The number of aromatic hydroxyl groups is 1. The average molecular weight is 348 g/mol. The van der Waals surface area contributed by atoms with Gasteiger partial charge in [0.2, 0.25) is 0 Å². The first kappa shape index (κ1) is 15.6. The zero-order valence-corrected chi connectivity index (χ0v) is 13.7. The second-order valence-corrected chi connectivity index (χ2v) is 5.78. The number of carbonyl (C=O) groups is 1. The summed E-state index contributed by atoms with van der Waals surface area (Å²) in [6.07, 6.45) is 0. The van der Waals surface area contributed by atoms with E-state index in [1.807, 2.05) is 44.2 Å². The first-order valence-corrected chi connectivity index (χ1v) is 7.67. The lowest BCUT2D eigenvalue weighted by Crippen LogP contribution is -2.33. The molecule has 0 saturated heterocycles. The fraction of sp³-hybridized carbons (Fsp3) is 0.235. The van der Waals surface area contributed by atoms with Crippen molar-refractivity contribution < 1.29 is 9.90 Å². The lowest BCUT2D eigenvalue weighted by Gasteiger charge is -2.28. The molecule has 2 aromatic rings. The van der Waals surface area contributed by atoms with E-state index in [1.54, 1.807) is 23.1 Å². The van der Waals surface area contributed by atoms with Gasteiger partial charge in [-0.15, -0.1) is 0 Å². The van der Waals surface area contributed by atoms with E-state index in [1.165, 1.54) is 0 Å². The van der Waals surface area contributed by atoms with E-state index in [9.17, 15) is 9.90 Å². The van der Waals surface area contributed by atoms with Gasteiger partial charge in [0.15, 0.2) is 0 Å². The Labute approximate surface area is 133 Å². The average Bonchev–Trinajstić information content (AvgIpc) is 2.48. The van der Waals surface area contributed by atoms with E-state index in [4.69, 9.17) is 0 Å². The molecule has 2 aromatic carbocycles. The van der Waals surface area contributed by atoms with Crippen LogP contribution in [0.15, 0.2) is 53.0 Å². The van der Waals surface area contributed by atoms with Crippen molar-refractivity contribution >= 4 is 21.8 Å². The minimum atomic E-state index is -0.0988. The normalized spacial score (nSPS) is 12.0. The predicted octanol–water partition coefficient (Wildman–Crippen LogP) is 4.38. The highest BCUT2D eigenvalue weighted by Gasteiger charge is 2.21. The highest BCUT2D eigenvalue weighted by Crippen LogP contribution is 2.25. The molecule has 3 nitrogen and oxygen atoms in total. The zero-order chi connectivity index (χ0) is 15.4. The van der Waals surface area contributed by atoms with Gasteiger partial charge < -0.3 is 10.0 Å². The summed E-state index contributed by atoms with van der Waals surface area (Å²) in [5.74, 6) is 0.201. The third-order valence-electron chi connectivity index (χ3n) is 3.51. The Balaban J connectivity index is 2.26. The molecule has 2 rings (SSSR count). The van der Waals surface area contributed by atoms with Crippen molar-refractivity contribution in [2.24, 2.45) is 0 Å². The Bertz CT molecular complexity index is 625. The van der Waals surface area contributed by atoms with Crippen LogP contribution in [0.25, 0.3) is 0 Å². The summed E-state index contributed by atoms with van der Waals surface area (Å²) in [6.45, 7) is 4.52. The maximum Gasteiger partial charge on any atom is 0.254 e. The molecule has 0 aliphatic carbocycles. The van der Waals surface area contributed by atoms with Crippen LogP contribution in [0, 0.1) is 0 Å². The first-order chi connectivity index (χ1) is 10.0. The minimum Gasteiger partial charge on any atom is -0.508 e. The summed E-state index contributed by atoms with van der Waals surface area (Å²) in [6, 6.07) is 14.3. The van der Waals surface area contributed by atoms with Crippen molar-refractivity contribution in [3.63, 3.8) is 0 Å². The van der Waals surface area contributed by atoms with Crippen LogP contribution in [-0.2, 0) is 0 Å². The van der Waals surface area contributed by atoms with E-state index < -0.39 is 0 Å². The summed E-state index contributed by atoms with van der Waals surface area (Å²) in [5.41, 5.74) is 1.58. The number of nitrogens with zero attached hydrogens (tertiary/aromatic N) is 1. The fourth-order valence-electron chi connectivity index (χ4n) is 2.32. The number of hydrogen-bond donors (Lipinski definition) is 1. The van der Waals surface area contributed by atoms with Crippen LogP contribution in [-0.4, -0.2) is 22.5 Å². The number of phenols is 1. The molecule has 1 atom stereocenters. The summed E-state index contributed by atoms with van der Waals surface area (Å²) in [5, 5.41) is 9.59. The summed E-state index contributed by atoms with van der Waals surface area (Å²) < 4.78 is 0.947. The Morgan fingerprint density at radius 1 is 1.24 bits per heavy atom. The van der Waals surface area contributed by atoms with Gasteiger partial charge in [-0.3, -0.25) is 4.79 Å². The second kappa shape index (κ2) is 6.76. The van der Waals surface area contributed by atoms with Crippen molar-refractivity contribution in [2.45, 2.75) is 19.9 Å². The van der Waals surface area contributed by atoms with Crippen molar-refractivity contribution in [1.82, 2.24) is 4.90 Å². The molecule has 110 valence electrons. The van der Waals surface area contributed by atoms with E-state index in [2.05, 4.69) is 15.9 Å². The number of halogens is 1. The second-order valence-electron chi connectivity index (χ2n) is 4.87. The molecule has 4 heteroatoms. The quantitative estimate of drug-likeness (QED) is 0.891. The minimum absolute atomic E-state index is 0.0131. The number of hydrogen-bond acceptors (Lipinski definition) is 2. The number of carbonyl (C=O) groups excluding carboxylic acids is 1. The van der Waals surface area contributed by atoms with E-state index in [0.29, 0.717) is 12.1 Å². The van der Waals surface area contributed by atoms with Crippen LogP contribution in [0.2, 0.25) is 0 Å². The number of rotatable bonds is 4. The summed E-state index contributed by atoms with van der Waals surface area (Å²) in [7, 11) is 0. The molecule has 0 spiro atoms. The maximum absolute atomic E-state index is 12.6. The summed E-state index contributed by atoms with van der Waals surface area (Å²) in [4.78, 5) is 14.4. The van der Waals surface area contributed by atoms with Gasteiger partial charge in [0.1, 0.15) is 5.75 Å². The Hall–Kier alpha value is -1.81. The monoisotopic (exact) mass is 347 g/mol. The lowest BCUT2D eigenvalue weighted by atomic mass is 10.1. The Morgan fingerprint density at radius 3 is 2.48 bits per heavy atom. The zero-order valence-electron chi connectivity index (χ0n) is 12.1. The molecule has 0 saturated carbocycles.